The number of hydrogen-bond donors (Lipinski definition) is 1. The van der Waals surface area contributed by atoms with Crippen molar-refractivity contribution < 1.29 is 4.74 Å². The van der Waals surface area contributed by atoms with Crippen molar-refractivity contribution in [3.05, 3.63) is 77.5 Å². The maximum absolute atomic E-state index is 12.3. The molecule has 0 unspecified atom stereocenters. The van der Waals surface area contributed by atoms with E-state index in [2.05, 4.69) is 25.4 Å². The van der Waals surface area contributed by atoms with Gasteiger partial charge in [-0.3, -0.25) is 9.78 Å². The number of ether oxygens (including phenoxy) is 1. The van der Waals surface area contributed by atoms with Crippen molar-refractivity contribution in [1.29, 1.82) is 0 Å². The van der Waals surface area contributed by atoms with Gasteiger partial charge in [-0.15, -0.1) is 5.10 Å². The quantitative estimate of drug-likeness (QED) is 0.455. The minimum atomic E-state index is -0.452. The molecular formula is C23H19N7O2. The molecule has 3 heterocycles. The Balaban J connectivity index is 1.65. The third-order valence-corrected chi connectivity index (χ3v) is 4.69. The largest absolute Gasteiger partial charge is 0.491 e. The van der Waals surface area contributed by atoms with E-state index in [9.17, 15) is 4.79 Å². The van der Waals surface area contributed by atoms with Crippen LogP contribution in [0.25, 0.3) is 27.9 Å². The van der Waals surface area contributed by atoms with Crippen molar-refractivity contribution in [1.82, 2.24) is 29.5 Å². The zero-order valence-electron chi connectivity index (χ0n) is 17.4. The Kier molecular flexibility index (Phi) is 4.91. The van der Waals surface area contributed by atoms with Crippen LogP contribution in [0.5, 0.6) is 5.75 Å². The first-order valence-electron chi connectivity index (χ1n) is 10.1. The highest BCUT2D eigenvalue weighted by atomic mass is 16.5. The van der Waals surface area contributed by atoms with E-state index in [1.807, 2.05) is 62.4 Å². The molecule has 0 aliphatic carbocycles. The molecule has 0 saturated carbocycles. The van der Waals surface area contributed by atoms with E-state index < -0.39 is 5.56 Å². The SMILES string of the molecule is CC(C)Oc1ccc(-c2nc3c4ccccc4nc(Nc4cnccnc4=O)n3n2)cc1. The highest BCUT2D eigenvalue weighted by molar-refractivity contribution is 5.93. The van der Waals surface area contributed by atoms with Gasteiger partial charge in [0.1, 0.15) is 11.4 Å². The molecule has 0 bridgehead atoms. The fourth-order valence-corrected chi connectivity index (χ4v) is 3.30. The summed E-state index contributed by atoms with van der Waals surface area (Å²) in [6, 6.07) is 15.2. The van der Waals surface area contributed by atoms with E-state index in [0.29, 0.717) is 17.4 Å². The van der Waals surface area contributed by atoms with Crippen molar-refractivity contribution in [3.8, 4) is 17.1 Å². The van der Waals surface area contributed by atoms with Crippen molar-refractivity contribution in [2.24, 2.45) is 0 Å². The highest BCUT2D eigenvalue weighted by Crippen LogP contribution is 2.26. The molecule has 32 heavy (non-hydrogen) atoms. The molecule has 0 atom stereocenters. The summed E-state index contributed by atoms with van der Waals surface area (Å²) in [7, 11) is 0. The van der Waals surface area contributed by atoms with Gasteiger partial charge in [0.25, 0.3) is 5.56 Å². The summed E-state index contributed by atoms with van der Waals surface area (Å²) in [5, 5.41) is 8.52. The Morgan fingerprint density at radius 3 is 2.62 bits per heavy atom. The minimum Gasteiger partial charge on any atom is -0.491 e. The smallest absolute Gasteiger partial charge is 0.295 e. The molecule has 5 rings (SSSR count). The normalized spacial score (nSPS) is 11.2. The molecule has 0 fully saturated rings. The van der Waals surface area contributed by atoms with E-state index in [1.165, 1.54) is 18.6 Å². The van der Waals surface area contributed by atoms with Gasteiger partial charge in [-0.2, -0.15) is 4.52 Å². The van der Waals surface area contributed by atoms with E-state index in [0.717, 1.165) is 22.2 Å². The van der Waals surface area contributed by atoms with Gasteiger partial charge in [-0.05, 0) is 50.2 Å². The highest BCUT2D eigenvalue weighted by Gasteiger charge is 2.15. The third-order valence-electron chi connectivity index (χ3n) is 4.69. The van der Waals surface area contributed by atoms with Crippen LogP contribution in [0.4, 0.5) is 11.6 Å². The molecule has 5 aromatic rings. The van der Waals surface area contributed by atoms with Crippen molar-refractivity contribution in [3.63, 3.8) is 0 Å². The lowest BCUT2D eigenvalue weighted by molar-refractivity contribution is 0.242. The lowest BCUT2D eigenvalue weighted by Crippen LogP contribution is -2.11. The fourth-order valence-electron chi connectivity index (χ4n) is 3.30. The number of nitrogens with zero attached hydrogens (tertiary/aromatic N) is 6. The molecule has 9 nitrogen and oxygen atoms in total. The number of hydrogen-bond acceptors (Lipinski definition) is 8. The Morgan fingerprint density at radius 2 is 1.81 bits per heavy atom. The molecule has 3 aromatic heterocycles. The van der Waals surface area contributed by atoms with Crippen LogP contribution in [0.1, 0.15) is 13.8 Å². The first kappa shape index (κ1) is 19.6. The lowest BCUT2D eigenvalue weighted by atomic mass is 10.2. The van der Waals surface area contributed by atoms with Gasteiger partial charge >= 0.3 is 0 Å². The molecular weight excluding hydrogens is 406 g/mol. The molecule has 0 spiro atoms. The minimum absolute atomic E-state index is 0.0925. The average Bonchev–Trinajstić information content (AvgIpc) is 3.14. The van der Waals surface area contributed by atoms with Crippen LogP contribution in [0.15, 0.2) is 71.9 Å². The van der Waals surface area contributed by atoms with Gasteiger partial charge in [0.15, 0.2) is 11.5 Å². The van der Waals surface area contributed by atoms with Crippen LogP contribution in [-0.2, 0) is 0 Å². The summed E-state index contributed by atoms with van der Waals surface area (Å²) < 4.78 is 7.30. The van der Waals surface area contributed by atoms with Gasteiger partial charge in [-0.25, -0.2) is 15.0 Å². The summed E-state index contributed by atoms with van der Waals surface area (Å²) in [5.74, 6) is 1.64. The molecule has 0 radical (unpaired) electrons. The van der Waals surface area contributed by atoms with E-state index in [-0.39, 0.29) is 11.8 Å². The number of nitrogens with one attached hydrogen (secondary N) is 1. The number of fused-ring (bicyclic) bond motifs is 3. The van der Waals surface area contributed by atoms with Crippen molar-refractivity contribution in [2.45, 2.75) is 20.0 Å². The second kappa shape index (κ2) is 8.03. The molecule has 0 aliphatic heterocycles. The second-order valence-electron chi connectivity index (χ2n) is 7.36. The van der Waals surface area contributed by atoms with E-state index in [4.69, 9.17) is 9.72 Å². The Hall–Kier alpha value is -4.40. The van der Waals surface area contributed by atoms with E-state index in [1.54, 1.807) is 4.52 Å². The number of benzene rings is 2. The average molecular weight is 425 g/mol. The van der Waals surface area contributed by atoms with Gasteiger partial charge < -0.3 is 10.1 Å². The number of rotatable bonds is 5. The summed E-state index contributed by atoms with van der Waals surface area (Å²) in [6.45, 7) is 3.96. The van der Waals surface area contributed by atoms with Crippen LogP contribution in [0.2, 0.25) is 0 Å². The summed E-state index contributed by atoms with van der Waals surface area (Å²) in [6.07, 6.45) is 4.28. The molecule has 0 saturated heterocycles. The van der Waals surface area contributed by atoms with Gasteiger partial charge in [0.05, 0.1) is 17.8 Å². The Morgan fingerprint density at radius 1 is 1.00 bits per heavy atom. The van der Waals surface area contributed by atoms with Crippen LogP contribution in [0, 0.1) is 0 Å². The third kappa shape index (κ3) is 3.71. The fraction of sp³-hybridized carbons (Fsp3) is 0.130. The molecule has 158 valence electrons. The van der Waals surface area contributed by atoms with Crippen molar-refractivity contribution in [2.75, 3.05) is 5.32 Å². The molecule has 0 amide bonds. The van der Waals surface area contributed by atoms with Gasteiger partial charge in [0, 0.05) is 23.3 Å². The zero-order valence-corrected chi connectivity index (χ0v) is 17.4. The monoisotopic (exact) mass is 425 g/mol. The van der Waals surface area contributed by atoms with Crippen LogP contribution in [0.3, 0.4) is 0 Å². The number of para-hydroxylation sites is 1. The second-order valence-corrected chi connectivity index (χ2v) is 7.36. The first-order valence-corrected chi connectivity index (χ1v) is 10.1. The molecule has 2 aromatic carbocycles. The first-order chi connectivity index (χ1) is 15.6. The van der Waals surface area contributed by atoms with Crippen molar-refractivity contribution >= 4 is 28.2 Å². The molecule has 9 heteroatoms. The summed E-state index contributed by atoms with van der Waals surface area (Å²) >= 11 is 0. The van der Waals surface area contributed by atoms with Crippen LogP contribution < -0.4 is 15.6 Å². The summed E-state index contributed by atoms with van der Waals surface area (Å²) in [5.41, 5.74) is 1.90. The molecule has 1 N–H and O–H groups in total. The number of anilines is 2. The Bertz CT molecular complexity index is 1480. The van der Waals surface area contributed by atoms with Crippen LogP contribution >= 0.6 is 0 Å². The standard InChI is InChI=1S/C23H19N7O2/c1-14(2)32-16-9-7-15(8-10-16)20-28-21-17-5-3-4-6-18(17)26-23(30(21)29-20)27-19-13-24-11-12-25-22(19)31/h3-14H,1-2H3,(H,25,26,27,31). The predicted octanol–water partition coefficient (Wildman–Crippen LogP) is 3.63. The summed E-state index contributed by atoms with van der Waals surface area (Å²) in [4.78, 5) is 29.5. The van der Waals surface area contributed by atoms with Gasteiger partial charge in [-0.1, -0.05) is 12.1 Å². The predicted molar refractivity (Wildman–Crippen MR) is 121 cm³/mol. The molecule has 0 aliphatic rings. The lowest BCUT2D eigenvalue weighted by Gasteiger charge is -2.09. The maximum Gasteiger partial charge on any atom is 0.295 e. The topological polar surface area (TPSA) is 107 Å². The Labute approximate surface area is 182 Å². The van der Waals surface area contributed by atoms with E-state index >= 15 is 0 Å². The maximum atomic E-state index is 12.3. The van der Waals surface area contributed by atoms with Gasteiger partial charge in [0.2, 0.25) is 5.95 Å². The number of aromatic nitrogens is 6. The zero-order chi connectivity index (χ0) is 22.1. The van der Waals surface area contributed by atoms with Crippen LogP contribution in [-0.4, -0.2) is 35.7 Å².